The Balaban J connectivity index is 1.52. The number of carbonyl (C=O) groups excluding carboxylic acids is 1. The smallest absolute Gasteiger partial charge is 0.418 e. The summed E-state index contributed by atoms with van der Waals surface area (Å²) in [7, 11) is 2.05. The molecule has 1 fully saturated rings. The lowest BCUT2D eigenvalue weighted by atomic mass is 10.2. The maximum Gasteiger partial charge on any atom is 0.418 e. The molecule has 5 rings (SSSR count). The van der Waals surface area contributed by atoms with Gasteiger partial charge in [-0.3, -0.25) is 4.99 Å². The molecule has 2 aliphatic heterocycles. The summed E-state index contributed by atoms with van der Waals surface area (Å²) >= 11 is 0. The number of ether oxygens (including phenoxy) is 2. The predicted octanol–water partition coefficient (Wildman–Crippen LogP) is 4.34. The Morgan fingerprint density at radius 1 is 1.11 bits per heavy atom. The molecule has 0 unspecified atom stereocenters. The van der Waals surface area contributed by atoms with Gasteiger partial charge in [0, 0.05) is 49.4 Å². The number of likely N-dealkylation sites (N-methyl/N-ethyl adjacent to an activating group) is 1. The first-order valence-corrected chi connectivity index (χ1v) is 12.4. The van der Waals surface area contributed by atoms with Gasteiger partial charge in [-0.25, -0.2) is 18.1 Å². The molecule has 1 aromatic carbocycles. The minimum absolute atomic E-state index is 0.0152. The van der Waals surface area contributed by atoms with Crippen LogP contribution in [-0.4, -0.2) is 77.7 Å². The van der Waals surface area contributed by atoms with Crippen molar-refractivity contribution in [2.24, 2.45) is 4.99 Å². The van der Waals surface area contributed by atoms with Gasteiger partial charge in [-0.15, -0.1) is 0 Å². The number of amidine groups is 1. The topological polar surface area (TPSA) is 97.1 Å². The molecule has 2 aliphatic rings. The van der Waals surface area contributed by atoms with Crippen LogP contribution in [0.3, 0.4) is 0 Å². The van der Waals surface area contributed by atoms with Crippen molar-refractivity contribution in [3.8, 4) is 11.8 Å². The van der Waals surface area contributed by atoms with Gasteiger partial charge in [0.1, 0.15) is 17.5 Å². The average molecular weight is 526 g/mol. The molecule has 0 atom stereocenters. The van der Waals surface area contributed by atoms with E-state index in [1.165, 1.54) is 6.07 Å². The Bertz CT molecular complexity index is 1460. The maximum atomic E-state index is 15.6. The lowest BCUT2D eigenvalue weighted by molar-refractivity contribution is 0.154. The third-order valence-corrected chi connectivity index (χ3v) is 6.44. The second kappa shape index (κ2) is 10.4. The summed E-state index contributed by atoms with van der Waals surface area (Å²) in [4.78, 5) is 29.9. The zero-order chi connectivity index (χ0) is 27.0. The molecule has 0 radical (unpaired) electrons. The molecule has 0 amide bonds. The number of nitrogens with one attached hydrogen (secondary N) is 1. The summed E-state index contributed by atoms with van der Waals surface area (Å²) in [6.45, 7) is 9.08. The molecular weight excluding hydrogens is 496 g/mol. The molecule has 2 aromatic heterocycles. The van der Waals surface area contributed by atoms with Crippen LogP contribution in [0.1, 0.15) is 19.5 Å². The average Bonchev–Trinajstić information content (AvgIpc) is 3.44. The van der Waals surface area contributed by atoms with Gasteiger partial charge >= 0.3 is 12.1 Å². The fourth-order valence-corrected chi connectivity index (χ4v) is 4.47. The number of hydrogen-bond acceptors (Lipinski definition) is 9. The number of benzene rings is 1. The van der Waals surface area contributed by atoms with E-state index in [0.717, 1.165) is 42.4 Å². The van der Waals surface area contributed by atoms with Crippen molar-refractivity contribution in [3.63, 3.8) is 0 Å². The van der Waals surface area contributed by atoms with Crippen molar-refractivity contribution < 1.29 is 23.0 Å². The number of fused-ring (bicyclic) bond motifs is 1. The molecule has 1 saturated heterocycles. The van der Waals surface area contributed by atoms with Gasteiger partial charge in [0.2, 0.25) is 5.75 Å². The van der Waals surface area contributed by atoms with Crippen LogP contribution < -0.4 is 15.0 Å². The summed E-state index contributed by atoms with van der Waals surface area (Å²) < 4.78 is 42.6. The zero-order valence-corrected chi connectivity index (χ0v) is 21.7. The van der Waals surface area contributed by atoms with Crippen molar-refractivity contribution >= 4 is 34.5 Å². The number of rotatable bonds is 5. The molecule has 10 nitrogen and oxygen atoms in total. The SMILES string of the molecule is CCOC(=O)n1c(C)cc2c(F)c(Oc3nc(NC4=NCC(C)=C4)cc(N4CCN(C)CC4)n3)c(F)cc21. The Morgan fingerprint density at radius 3 is 2.55 bits per heavy atom. The van der Waals surface area contributed by atoms with Crippen molar-refractivity contribution in [3.05, 3.63) is 47.2 Å². The molecule has 0 spiro atoms. The van der Waals surface area contributed by atoms with Crippen LogP contribution in [0.15, 0.2) is 34.8 Å². The van der Waals surface area contributed by atoms with Crippen LogP contribution in [0.2, 0.25) is 0 Å². The van der Waals surface area contributed by atoms with Crippen molar-refractivity contribution in [1.29, 1.82) is 0 Å². The van der Waals surface area contributed by atoms with Gasteiger partial charge in [-0.05, 0) is 45.5 Å². The number of aromatic nitrogens is 3. The van der Waals surface area contributed by atoms with Crippen LogP contribution in [0, 0.1) is 18.6 Å². The fourth-order valence-electron chi connectivity index (χ4n) is 4.47. The van der Waals surface area contributed by atoms with E-state index in [0.29, 0.717) is 29.7 Å². The van der Waals surface area contributed by atoms with E-state index in [9.17, 15) is 4.79 Å². The third-order valence-electron chi connectivity index (χ3n) is 6.44. The summed E-state index contributed by atoms with van der Waals surface area (Å²) in [5.74, 6) is -1.04. The Hall–Kier alpha value is -4.06. The molecule has 38 heavy (non-hydrogen) atoms. The highest BCUT2D eigenvalue weighted by atomic mass is 19.1. The largest absolute Gasteiger partial charge is 0.449 e. The normalized spacial score (nSPS) is 16.0. The van der Waals surface area contributed by atoms with Crippen molar-refractivity contribution in [1.82, 2.24) is 19.4 Å². The Kier molecular flexibility index (Phi) is 6.98. The number of halogens is 2. The highest BCUT2D eigenvalue weighted by molar-refractivity contribution is 6.05. The standard InChI is InChI=1S/C26H29F2N7O3/c1-5-37-26(36)35-16(3)11-17-19(35)12-18(27)24(23(17)28)38-25-31-21(30-20-10-15(2)14-29-20)13-22(32-25)34-8-6-33(4)7-9-34/h10-13H,5-9,14H2,1-4H3,(H,29,30,31,32). The molecule has 0 aliphatic carbocycles. The lowest BCUT2D eigenvalue weighted by Crippen LogP contribution is -2.44. The predicted molar refractivity (Wildman–Crippen MR) is 141 cm³/mol. The number of carbonyl (C=O) groups is 1. The van der Waals surface area contributed by atoms with E-state index in [2.05, 4.69) is 30.1 Å². The van der Waals surface area contributed by atoms with Crippen LogP contribution in [0.25, 0.3) is 10.9 Å². The van der Waals surface area contributed by atoms with Crippen LogP contribution in [-0.2, 0) is 4.74 Å². The van der Waals surface area contributed by atoms with Crippen molar-refractivity contribution in [2.45, 2.75) is 20.8 Å². The zero-order valence-electron chi connectivity index (χ0n) is 21.7. The monoisotopic (exact) mass is 525 g/mol. The molecule has 0 bridgehead atoms. The number of hydrogen-bond donors (Lipinski definition) is 1. The van der Waals surface area contributed by atoms with Crippen LogP contribution >= 0.6 is 0 Å². The summed E-state index contributed by atoms with van der Waals surface area (Å²) in [5, 5.41) is 3.16. The fraction of sp³-hybridized carbons (Fsp3) is 0.385. The lowest BCUT2D eigenvalue weighted by Gasteiger charge is -2.33. The Morgan fingerprint density at radius 2 is 1.87 bits per heavy atom. The van der Waals surface area contributed by atoms with E-state index in [-0.39, 0.29) is 23.5 Å². The maximum absolute atomic E-state index is 15.6. The van der Waals surface area contributed by atoms with Gasteiger partial charge in [-0.2, -0.15) is 9.97 Å². The van der Waals surface area contributed by atoms with Gasteiger partial charge in [0.15, 0.2) is 11.6 Å². The van der Waals surface area contributed by atoms with Crippen molar-refractivity contribution in [2.75, 3.05) is 56.6 Å². The number of aryl methyl sites for hydroxylation is 1. The molecule has 1 N–H and O–H groups in total. The van der Waals surface area contributed by atoms with E-state index in [1.807, 2.05) is 20.0 Å². The van der Waals surface area contributed by atoms with E-state index in [4.69, 9.17) is 9.47 Å². The minimum Gasteiger partial charge on any atom is -0.449 e. The molecular formula is C26H29F2N7O3. The molecule has 0 saturated carbocycles. The third kappa shape index (κ3) is 5.03. The molecule has 200 valence electrons. The van der Waals surface area contributed by atoms with E-state index >= 15 is 8.78 Å². The van der Waals surface area contributed by atoms with Gasteiger partial charge in [-0.1, -0.05) is 0 Å². The molecule has 12 heteroatoms. The van der Waals surface area contributed by atoms with Gasteiger partial charge < -0.3 is 24.6 Å². The second-order valence-electron chi connectivity index (χ2n) is 9.36. The number of anilines is 2. The highest BCUT2D eigenvalue weighted by Crippen LogP contribution is 2.35. The first-order valence-electron chi connectivity index (χ1n) is 12.4. The second-order valence-corrected chi connectivity index (χ2v) is 9.36. The van der Waals surface area contributed by atoms with E-state index in [1.54, 1.807) is 19.9 Å². The Labute approximate surface area is 218 Å². The minimum atomic E-state index is -1.000. The van der Waals surface area contributed by atoms with Gasteiger partial charge in [0.05, 0.1) is 18.7 Å². The number of nitrogens with zero attached hydrogens (tertiary/aromatic N) is 6. The quantitative estimate of drug-likeness (QED) is 0.526. The molecule has 4 heterocycles. The molecule has 3 aromatic rings. The summed E-state index contributed by atoms with van der Waals surface area (Å²) in [6.07, 6.45) is 1.19. The first-order chi connectivity index (χ1) is 18.2. The number of aliphatic imine (C=N–C) groups is 1. The first kappa shape index (κ1) is 25.6. The van der Waals surface area contributed by atoms with E-state index < -0.39 is 23.5 Å². The van der Waals surface area contributed by atoms with Crippen LogP contribution in [0.5, 0.6) is 11.8 Å². The summed E-state index contributed by atoms with van der Waals surface area (Å²) in [6, 6.07) is 4.03. The highest BCUT2D eigenvalue weighted by Gasteiger charge is 2.25. The number of piperazine rings is 1. The van der Waals surface area contributed by atoms with Gasteiger partial charge in [0.25, 0.3) is 0 Å². The summed E-state index contributed by atoms with van der Waals surface area (Å²) in [5.41, 5.74) is 1.54. The van der Waals surface area contributed by atoms with Crippen LogP contribution in [0.4, 0.5) is 25.2 Å².